The van der Waals surface area contributed by atoms with Crippen LogP contribution in [-0.4, -0.2) is 18.7 Å². The fourth-order valence-corrected chi connectivity index (χ4v) is 13.4. The van der Waals surface area contributed by atoms with Gasteiger partial charge in [0.2, 0.25) is 0 Å². The van der Waals surface area contributed by atoms with Gasteiger partial charge in [-0.2, -0.15) is 0 Å². The van der Waals surface area contributed by atoms with Crippen molar-refractivity contribution in [2.24, 2.45) is 0 Å². The zero-order valence-electron chi connectivity index (χ0n) is 22.6. The molecule has 4 atom stereocenters. The summed E-state index contributed by atoms with van der Waals surface area (Å²) >= 11 is 0. The van der Waals surface area contributed by atoms with Crippen molar-refractivity contribution in [2.75, 3.05) is 0 Å². The normalized spacial score (nSPS) is 22.7. The van der Waals surface area contributed by atoms with Gasteiger partial charge in [-0.25, -0.2) is 18.7 Å². The molecule has 0 saturated heterocycles. The first-order valence-electron chi connectivity index (χ1n) is 13.4. The van der Waals surface area contributed by atoms with Gasteiger partial charge in [0.1, 0.15) is 0 Å². The summed E-state index contributed by atoms with van der Waals surface area (Å²) in [6.45, 7) is 8.12. The summed E-state index contributed by atoms with van der Waals surface area (Å²) in [5.74, 6) is -0.798. The van der Waals surface area contributed by atoms with Gasteiger partial charge in [-0.05, 0) is 78.4 Å². The number of nitrogens with zero attached hydrogens (tertiary/aromatic N) is 4. The van der Waals surface area contributed by atoms with Crippen LogP contribution in [0.25, 0.3) is 21.5 Å². The minimum absolute atomic E-state index is 0.150. The molecule has 0 spiro atoms. The third-order valence-electron chi connectivity index (χ3n) is 8.54. The highest BCUT2D eigenvalue weighted by Crippen LogP contribution is 2.64. The number of aromatic nitrogens is 4. The third kappa shape index (κ3) is 3.21. The zero-order chi connectivity index (χ0) is 28.0. The lowest BCUT2D eigenvalue weighted by atomic mass is 10.2. The second-order valence-corrected chi connectivity index (χ2v) is 16.1. The Morgan fingerprint density at radius 3 is 0.900 bits per heavy atom. The van der Waals surface area contributed by atoms with Crippen LogP contribution >= 0.6 is 15.8 Å². The number of benzene rings is 3. The number of fused-ring (bicyclic) bond motifs is 4. The Morgan fingerprint density at radius 2 is 0.650 bits per heavy atom. The lowest BCUT2D eigenvalue weighted by Gasteiger charge is -2.28. The molecule has 0 fully saturated rings. The maximum absolute atomic E-state index is 13.6. The second kappa shape index (κ2) is 8.95. The zero-order valence-corrected chi connectivity index (χ0v) is 24.3. The molecule has 2 aliphatic rings. The maximum atomic E-state index is 13.6. The minimum Gasteiger partial charge on any atom is -0.267 e. The molecule has 3 aromatic carbocycles. The van der Waals surface area contributed by atoms with Crippen LogP contribution in [0.3, 0.4) is 0 Å². The van der Waals surface area contributed by atoms with Gasteiger partial charge in [0.05, 0.1) is 44.7 Å². The predicted octanol–water partition coefficient (Wildman–Crippen LogP) is 4.36. The van der Waals surface area contributed by atoms with Crippen molar-refractivity contribution in [1.29, 1.82) is 0 Å². The molecule has 8 nitrogen and oxygen atoms in total. The Labute approximate surface area is 231 Å². The van der Waals surface area contributed by atoms with Crippen molar-refractivity contribution in [3.63, 3.8) is 0 Å². The highest BCUT2D eigenvalue weighted by Gasteiger charge is 2.44. The largest absolute Gasteiger partial charge is 0.273 e. The second-order valence-electron chi connectivity index (χ2n) is 10.5. The molecule has 0 saturated carbocycles. The molecule has 10 heteroatoms. The van der Waals surface area contributed by atoms with Gasteiger partial charge in [0.25, 0.3) is 22.2 Å². The van der Waals surface area contributed by atoms with Crippen molar-refractivity contribution in [3.05, 3.63) is 114 Å². The van der Waals surface area contributed by atoms with Gasteiger partial charge in [0.15, 0.2) is 0 Å². The van der Waals surface area contributed by atoms with Gasteiger partial charge in [-0.15, -0.1) is 0 Å². The summed E-state index contributed by atoms with van der Waals surface area (Å²) in [5.41, 5.74) is -0.602. The van der Waals surface area contributed by atoms with E-state index in [1.807, 2.05) is 39.8 Å². The average molecular weight is 571 g/mol. The van der Waals surface area contributed by atoms with Gasteiger partial charge < -0.3 is 0 Å². The van der Waals surface area contributed by atoms with E-state index in [2.05, 4.69) is 12.1 Å². The van der Waals surface area contributed by atoms with Crippen LogP contribution < -0.4 is 32.8 Å². The SMILES string of the molecule is C[C@@H]1n2c(=O)c3ccccc3c(=O)n2[C@@H](C)P1c1ccccc1P1[C@H](C)n2c(=O)c3ccccc3c(=O)n2[C@H]1C. The Balaban J connectivity index is 1.41. The molecule has 5 aromatic rings. The highest BCUT2D eigenvalue weighted by molar-refractivity contribution is 7.72. The first-order chi connectivity index (χ1) is 19.2. The minimum atomic E-state index is -1.01. The van der Waals surface area contributed by atoms with Crippen LogP contribution in [0.15, 0.2) is 92.0 Å². The summed E-state index contributed by atoms with van der Waals surface area (Å²) < 4.78 is 6.62. The molecular formula is C30H28N4O4P2. The van der Waals surface area contributed by atoms with Crippen molar-refractivity contribution >= 4 is 48.0 Å². The lowest BCUT2D eigenvalue weighted by molar-refractivity contribution is 0.471. The van der Waals surface area contributed by atoms with Crippen LogP contribution in [0.4, 0.5) is 0 Å². The van der Waals surface area contributed by atoms with Gasteiger partial charge in [0, 0.05) is 0 Å². The van der Waals surface area contributed by atoms with Gasteiger partial charge in [-0.3, -0.25) is 19.2 Å². The van der Waals surface area contributed by atoms with E-state index in [0.29, 0.717) is 21.5 Å². The molecule has 0 radical (unpaired) electrons. The standard InChI is InChI=1S/C30H28N4O4P2/c1-17-31-27(35)21-11-5-6-12-22(21)28(36)32(31)18(2)39(17)25-15-9-10-16-26(25)40-19(3)33-29(37)23-13-7-8-14-24(23)30(38)34(33)20(40)4/h5-20H,1-4H3/t17-,18-,19-,20-/m1/s1. The maximum Gasteiger partial charge on any atom is 0.273 e. The monoisotopic (exact) mass is 570 g/mol. The number of rotatable bonds is 2. The van der Waals surface area contributed by atoms with E-state index in [0.717, 1.165) is 10.6 Å². The Morgan fingerprint density at radius 1 is 0.425 bits per heavy atom. The van der Waals surface area contributed by atoms with Crippen molar-refractivity contribution < 1.29 is 0 Å². The first-order valence-corrected chi connectivity index (χ1v) is 16.4. The average Bonchev–Trinajstić information content (AvgIpc) is 3.39. The van der Waals surface area contributed by atoms with E-state index in [1.165, 1.54) is 0 Å². The summed E-state index contributed by atoms with van der Waals surface area (Å²) in [4.78, 5) is 54.5. The molecule has 2 aliphatic heterocycles. The summed E-state index contributed by atoms with van der Waals surface area (Å²) in [5, 5.41) is 4.01. The van der Waals surface area contributed by atoms with Gasteiger partial charge >= 0.3 is 0 Å². The van der Waals surface area contributed by atoms with E-state index >= 15 is 0 Å². The number of hydrogen-bond acceptors (Lipinski definition) is 4. The van der Waals surface area contributed by atoms with Crippen LogP contribution in [0.1, 0.15) is 50.8 Å². The number of hydrogen-bond donors (Lipinski definition) is 0. The quantitative estimate of drug-likeness (QED) is 0.295. The topological polar surface area (TPSA) is 88.0 Å². The fourth-order valence-electron chi connectivity index (χ4n) is 6.80. The molecule has 0 bridgehead atoms. The molecule has 0 aliphatic carbocycles. The lowest BCUT2D eigenvalue weighted by Crippen LogP contribution is -2.36. The molecule has 0 amide bonds. The molecule has 0 unspecified atom stereocenters. The van der Waals surface area contributed by atoms with E-state index in [9.17, 15) is 19.2 Å². The highest BCUT2D eigenvalue weighted by atomic mass is 31.1. The summed E-state index contributed by atoms with van der Waals surface area (Å²) in [6.07, 6.45) is 0. The Hall–Kier alpha value is -3.60. The molecular weight excluding hydrogens is 542 g/mol. The molecule has 40 heavy (non-hydrogen) atoms. The van der Waals surface area contributed by atoms with E-state index in [-0.39, 0.29) is 45.4 Å². The first kappa shape index (κ1) is 25.4. The van der Waals surface area contributed by atoms with E-state index < -0.39 is 15.8 Å². The summed E-state index contributed by atoms with van der Waals surface area (Å²) in [6, 6.07) is 22.3. The van der Waals surface area contributed by atoms with Crippen molar-refractivity contribution in [3.8, 4) is 0 Å². The van der Waals surface area contributed by atoms with Crippen LogP contribution in [-0.2, 0) is 0 Å². The molecule has 0 N–H and O–H groups in total. The van der Waals surface area contributed by atoms with E-state index in [4.69, 9.17) is 0 Å². The van der Waals surface area contributed by atoms with Crippen LogP contribution in [0.2, 0.25) is 0 Å². The molecule has 202 valence electrons. The summed E-state index contributed by atoms with van der Waals surface area (Å²) in [7, 11) is -2.03. The molecule has 7 rings (SSSR count). The Kier molecular flexibility index (Phi) is 5.68. The van der Waals surface area contributed by atoms with Crippen molar-refractivity contribution in [1.82, 2.24) is 18.7 Å². The predicted molar refractivity (Wildman–Crippen MR) is 163 cm³/mol. The molecule has 2 aromatic heterocycles. The van der Waals surface area contributed by atoms with Crippen molar-refractivity contribution in [2.45, 2.75) is 50.8 Å². The van der Waals surface area contributed by atoms with Crippen LogP contribution in [0.5, 0.6) is 0 Å². The van der Waals surface area contributed by atoms with E-state index in [1.54, 1.807) is 67.3 Å². The van der Waals surface area contributed by atoms with Crippen LogP contribution in [0, 0.1) is 0 Å². The molecule has 4 heterocycles. The Bertz CT molecular complexity index is 1840. The fraction of sp³-hybridized carbons (Fsp3) is 0.267. The smallest absolute Gasteiger partial charge is 0.267 e. The van der Waals surface area contributed by atoms with Gasteiger partial charge in [-0.1, -0.05) is 48.5 Å². The third-order valence-corrected chi connectivity index (χ3v) is 14.7.